The number of carbonyl (C=O) groups is 1. The van der Waals surface area contributed by atoms with Crippen LogP contribution < -0.4 is 5.32 Å². The van der Waals surface area contributed by atoms with Crippen molar-refractivity contribution < 1.29 is 9.53 Å². The molecule has 1 N–H and O–H groups in total. The topological polar surface area (TPSA) is 38.3 Å². The van der Waals surface area contributed by atoms with Crippen LogP contribution in [0.1, 0.15) is 39.5 Å². The molecular formula is C12H23NO2S. The van der Waals surface area contributed by atoms with Gasteiger partial charge in [-0.15, -0.1) is 0 Å². The molecule has 16 heavy (non-hydrogen) atoms. The van der Waals surface area contributed by atoms with Gasteiger partial charge in [0.2, 0.25) is 0 Å². The zero-order valence-corrected chi connectivity index (χ0v) is 11.3. The molecule has 1 fully saturated rings. The summed E-state index contributed by atoms with van der Waals surface area (Å²) < 4.78 is 4.81. The van der Waals surface area contributed by atoms with Gasteiger partial charge < -0.3 is 10.1 Å². The molecule has 1 unspecified atom stereocenters. The predicted octanol–water partition coefficient (Wildman–Crippen LogP) is 2.20. The molecule has 0 aromatic carbocycles. The summed E-state index contributed by atoms with van der Waals surface area (Å²) in [5.74, 6) is 0.689. The molecule has 94 valence electrons. The van der Waals surface area contributed by atoms with Crippen molar-refractivity contribution in [1.29, 1.82) is 0 Å². The van der Waals surface area contributed by atoms with Crippen LogP contribution in [0.2, 0.25) is 0 Å². The van der Waals surface area contributed by atoms with Crippen LogP contribution in [0.25, 0.3) is 0 Å². The number of thioether (sulfide) groups is 1. The Morgan fingerprint density at radius 2 is 2.06 bits per heavy atom. The molecule has 0 heterocycles. The van der Waals surface area contributed by atoms with Gasteiger partial charge in [-0.1, -0.05) is 26.7 Å². The van der Waals surface area contributed by atoms with Crippen LogP contribution in [-0.4, -0.2) is 36.2 Å². The molecular weight excluding hydrogens is 222 g/mol. The normalized spacial score (nSPS) is 19.0. The van der Waals surface area contributed by atoms with Crippen molar-refractivity contribution >= 4 is 17.7 Å². The molecule has 1 rings (SSSR count). The highest BCUT2D eigenvalue weighted by Crippen LogP contribution is 2.29. The van der Waals surface area contributed by atoms with Crippen molar-refractivity contribution in [1.82, 2.24) is 5.32 Å². The summed E-state index contributed by atoms with van der Waals surface area (Å²) in [7, 11) is 1.46. The highest BCUT2D eigenvalue weighted by Gasteiger charge is 2.23. The molecule has 0 aromatic heterocycles. The summed E-state index contributed by atoms with van der Waals surface area (Å²) in [6.07, 6.45) is 5.30. The maximum absolute atomic E-state index is 11.6. The van der Waals surface area contributed by atoms with Crippen LogP contribution in [0.15, 0.2) is 0 Å². The smallest absolute Gasteiger partial charge is 0.323 e. The summed E-state index contributed by atoms with van der Waals surface area (Å²) in [6, 6.07) is 0.156. The Hall–Kier alpha value is -0.220. The molecule has 1 atom stereocenters. The van der Waals surface area contributed by atoms with Gasteiger partial charge in [0.1, 0.15) is 6.04 Å². The average Bonchev–Trinajstić information content (AvgIpc) is 2.75. The highest BCUT2D eigenvalue weighted by molar-refractivity contribution is 8.00. The van der Waals surface area contributed by atoms with E-state index in [-0.39, 0.29) is 12.0 Å². The van der Waals surface area contributed by atoms with Crippen LogP contribution in [-0.2, 0) is 9.53 Å². The van der Waals surface area contributed by atoms with E-state index < -0.39 is 0 Å². The van der Waals surface area contributed by atoms with Crippen LogP contribution >= 0.6 is 11.8 Å². The Morgan fingerprint density at radius 1 is 1.44 bits per heavy atom. The molecule has 1 saturated carbocycles. The van der Waals surface area contributed by atoms with Gasteiger partial charge in [0.15, 0.2) is 0 Å². The van der Waals surface area contributed by atoms with Gasteiger partial charge in [-0.05, 0) is 12.8 Å². The second-order valence-corrected chi connectivity index (χ2v) is 5.97. The lowest BCUT2D eigenvalue weighted by Crippen LogP contribution is -2.43. The maximum atomic E-state index is 11.6. The lowest BCUT2D eigenvalue weighted by Gasteiger charge is -2.20. The number of methoxy groups -OCH3 is 1. The number of nitrogens with one attached hydrogen (secondary N) is 1. The minimum Gasteiger partial charge on any atom is -0.468 e. The van der Waals surface area contributed by atoms with Crippen molar-refractivity contribution in [3.05, 3.63) is 0 Å². The fraction of sp³-hybridized carbons (Fsp3) is 0.917. The predicted molar refractivity (Wildman–Crippen MR) is 68.8 cm³/mol. The Labute approximate surface area is 103 Å². The Balaban J connectivity index is 2.33. The molecule has 0 amide bonds. The SMILES string of the molecule is COC(=O)C(CSC1CCCC1)NC(C)C. The molecule has 3 nitrogen and oxygen atoms in total. The van der Waals surface area contributed by atoms with E-state index in [1.807, 2.05) is 11.8 Å². The van der Waals surface area contributed by atoms with E-state index in [4.69, 9.17) is 4.74 Å². The minimum atomic E-state index is -0.157. The van der Waals surface area contributed by atoms with E-state index in [0.29, 0.717) is 6.04 Å². The summed E-state index contributed by atoms with van der Waals surface area (Å²) >= 11 is 1.91. The number of ether oxygens (including phenoxy) is 1. The fourth-order valence-electron chi connectivity index (χ4n) is 2.02. The summed E-state index contributed by atoms with van der Waals surface area (Å²) in [5, 5.41) is 4.01. The second kappa shape index (κ2) is 7.17. The number of hydrogen-bond donors (Lipinski definition) is 1. The van der Waals surface area contributed by atoms with Gasteiger partial charge >= 0.3 is 5.97 Å². The zero-order chi connectivity index (χ0) is 12.0. The van der Waals surface area contributed by atoms with Crippen molar-refractivity contribution in [2.75, 3.05) is 12.9 Å². The molecule has 0 radical (unpaired) electrons. The molecule has 1 aliphatic rings. The van der Waals surface area contributed by atoms with Crippen LogP contribution in [0, 0.1) is 0 Å². The number of carbonyl (C=O) groups excluding carboxylic acids is 1. The Kier molecular flexibility index (Phi) is 6.21. The standard InChI is InChI=1S/C12H23NO2S/c1-9(2)13-11(12(14)15-3)8-16-10-6-4-5-7-10/h9-11,13H,4-8H2,1-3H3. The van der Waals surface area contributed by atoms with E-state index in [0.717, 1.165) is 11.0 Å². The van der Waals surface area contributed by atoms with Crippen molar-refractivity contribution in [3.8, 4) is 0 Å². The number of rotatable bonds is 6. The molecule has 0 bridgehead atoms. The molecule has 0 aromatic rings. The Morgan fingerprint density at radius 3 is 2.56 bits per heavy atom. The van der Waals surface area contributed by atoms with Gasteiger partial charge in [0.25, 0.3) is 0 Å². The molecule has 4 heteroatoms. The summed E-state index contributed by atoms with van der Waals surface area (Å²) in [5.41, 5.74) is 0. The first kappa shape index (κ1) is 13.8. The average molecular weight is 245 g/mol. The first-order chi connectivity index (χ1) is 7.63. The lowest BCUT2D eigenvalue weighted by molar-refractivity contribution is -0.142. The van der Waals surface area contributed by atoms with Gasteiger partial charge in [-0.25, -0.2) is 0 Å². The molecule has 0 aliphatic heterocycles. The molecule has 0 saturated heterocycles. The summed E-state index contributed by atoms with van der Waals surface area (Å²) in [4.78, 5) is 11.6. The zero-order valence-electron chi connectivity index (χ0n) is 10.5. The largest absolute Gasteiger partial charge is 0.468 e. The first-order valence-corrected chi connectivity index (χ1v) is 7.14. The lowest BCUT2D eigenvalue weighted by atomic mass is 10.3. The molecule has 0 spiro atoms. The second-order valence-electron chi connectivity index (χ2n) is 4.64. The fourth-order valence-corrected chi connectivity index (χ4v) is 3.38. The van der Waals surface area contributed by atoms with E-state index in [1.54, 1.807) is 0 Å². The van der Waals surface area contributed by atoms with E-state index in [1.165, 1.54) is 32.8 Å². The number of esters is 1. The third kappa shape index (κ3) is 4.74. The van der Waals surface area contributed by atoms with Crippen molar-refractivity contribution in [2.45, 2.75) is 56.9 Å². The van der Waals surface area contributed by atoms with Crippen molar-refractivity contribution in [3.63, 3.8) is 0 Å². The highest BCUT2D eigenvalue weighted by atomic mass is 32.2. The molecule has 1 aliphatic carbocycles. The van der Waals surface area contributed by atoms with E-state index >= 15 is 0 Å². The van der Waals surface area contributed by atoms with E-state index in [9.17, 15) is 4.79 Å². The summed E-state index contributed by atoms with van der Waals surface area (Å²) in [6.45, 7) is 4.10. The minimum absolute atomic E-state index is 0.140. The Bertz CT molecular complexity index is 215. The van der Waals surface area contributed by atoms with Gasteiger partial charge in [0, 0.05) is 17.0 Å². The van der Waals surface area contributed by atoms with Crippen LogP contribution in [0.5, 0.6) is 0 Å². The van der Waals surface area contributed by atoms with Gasteiger partial charge in [-0.2, -0.15) is 11.8 Å². The third-order valence-corrected chi connectivity index (χ3v) is 4.29. The quantitative estimate of drug-likeness (QED) is 0.728. The maximum Gasteiger partial charge on any atom is 0.323 e. The van der Waals surface area contributed by atoms with E-state index in [2.05, 4.69) is 19.2 Å². The van der Waals surface area contributed by atoms with Gasteiger partial charge in [0.05, 0.1) is 7.11 Å². The van der Waals surface area contributed by atoms with Crippen LogP contribution in [0.4, 0.5) is 0 Å². The first-order valence-electron chi connectivity index (χ1n) is 6.09. The van der Waals surface area contributed by atoms with Crippen molar-refractivity contribution in [2.24, 2.45) is 0 Å². The number of hydrogen-bond acceptors (Lipinski definition) is 4. The van der Waals surface area contributed by atoms with Gasteiger partial charge in [-0.3, -0.25) is 4.79 Å². The monoisotopic (exact) mass is 245 g/mol. The third-order valence-electron chi connectivity index (χ3n) is 2.82. The van der Waals surface area contributed by atoms with Crippen LogP contribution in [0.3, 0.4) is 0 Å².